The van der Waals surface area contributed by atoms with Crippen LogP contribution >= 0.6 is 12.6 Å². The molecule has 0 aromatic heterocycles. The molecule has 12 nitrogen and oxygen atoms in total. The molecule has 9 N–H and O–H groups in total. The average Bonchev–Trinajstić information content (AvgIpc) is 2.69. The van der Waals surface area contributed by atoms with E-state index in [1.807, 2.05) is 13.8 Å². The van der Waals surface area contributed by atoms with Crippen molar-refractivity contribution >= 4 is 42.3 Å². The van der Waals surface area contributed by atoms with Crippen LogP contribution in [-0.2, 0) is 24.0 Å². The van der Waals surface area contributed by atoms with E-state index in [2.05, 4.69) is 28.6 Å². The highest BCUT2D eigenvalue weighted by atomic mass is 32.1. The molecule has 0 aromatic rings. The van der Waals surface area contributed by atoms with Gasteiger partial charge in [0.2, 0.25) is 17.7 Å². The third kappa shape index (κ3) is 11.9. The molecule has 4 atom stereocenters. The average molecular weight is 478 g/mol. The van der Waals surface area contributed by atoms with Crippen molar-refractivity contribution in [3.8, 4) is 0 Å². The maximum atomic E-state index is 12.7. The van der Waals surface area contributed by atoms with E-state index in [9.17, 15) is 29.1 Å². The van der Waals surface area contributed by atoms with E-state index in [4.69, 9.17) is 16.6 Å². The van der Waals surface area contributed by atoms with Crippen LogP contribution in [0.15, 0.2) is 0 Å². The number of amides is 3. The van der Waals surface area contributed by atoms with E-state index < -0.39 is 60.2 Å². The van der Waals surface area contributed by atoms with Crippen molar-refractivity contribution in [2.45, 2.75) is 70.1 Å². The Morgan fingerprint density at radius 1 is 0.875 bits per heavy atom. The number of unbranched alkanes of at least 4 members (excludes halogenated alkanes) is 1. The lowest BCUT2D eigenvalue weighted by Gasteiger charge is -2.24. The summed E-state index contributed by atoms with van der Waals surface area (Å²) in [6, 6.07) is -4.72. The number of rotatable bonds is 16. The smallest absolute Gasteiger partial charge is 0.326 e. The Morgan fingerprint density at radius 2 is 1.41 bits per heavy atom. The van der Waals surface area contributed by atoms with Gasteiger partial charge in [0.05, 0.1) is 12.5 Å². The first kappa shape index (κ1) is 29.6. The standard InChI is InChI=1S/C19H35N5O7S/c1-10(2)7-13(19(30)31)23-18(29)14(9-32)24-17(28)12(5-3-4-6-20)22-16(27)11(21)8-15(25)26/h10-14,32H,3-9,20-21H2,1-2H3,(H,22,27)(H,23,29)(H,24,28)(H,25,26)(H,30,31). The number of hydrogen-bond acceptors (Lipinski definition) is 8. The first-order chi connectivity index (χ1) is 14.9. The zero-order valence-electron chi connectivity index (χ0n) is 18.4. The summed E-state index contributed by atoms with van der Waals surface area (Å²) in [5.74, 6) is -4.83. The highest BCUT2D eigenvalue weighted by molar-refractivity contribution is 7.80. The van der Waals surface area contributed by atoms with Crippen LogP contribution in [0.2, 0.25) is 0 Å². The van der Waals surface area contributed by atoms with Gasteiger partial charge in [-0.05, 0) is 38.1 Å². The Hall–Kier alpha value is -2.38. The monoisotopic (exact) mass is 477 g/mol. The van der Waals surface area contributed by atoms with Crippen LogP contribution in [0.4, 0.5) is 0 Å². The molecule has 0 fully saturated rings. The second kappa shape index (κ2) is 15.4. The normalized spacial score (nSPS) is 14.7. The van der Waals surface area contributed by atoms with Gasteiger partial charge in [-0.1, -0.05) is 13.8 Å². The summed E-state index contributed by atoms with van der Waals surface area (Å²) in [5, 5.41) is 25.3. The number of carboxylic acid groups (broad SMARTS) is 2. The lowest BCUT2D eigenvalue weighted by Crippen LogP contribution is -2.57. The Balaban J connectivity index is 5.25. The molecule has 0 aliphatic heterocycles. The maximum Gasteiger partial charge on any atom is 0.326 e. The predicted octanol–water partition coefficient (Wildman–Crippen LogP) is -1.57. The molecule has 0 saturated heterocycles. The zero-order valence-corrected chi connectivity index (χ0v) is 19.3. The zero-order chi connectivity index (χ0) is 24.8. The number of hydrogen-bond donors (Lipinski definition) is 8. The van der Waals surface area contributed by atoms with E-state index in [0.717, 1.165) is 0 Å². The molecule has 0 aliphatic rings. The summed E-state index contributed by atoms with van der Waals surface area (Å²) in [6.45, 7) is 3.99. The number of carboxylic acids is 2. The third-order valence-electron chi connectivity index (χ3n) is 4.45. The van der Waals surface area contributed by atoms with Crippen LogP contribution in [0.5, 0.6) is 0 Å². The fraction of sp³-hybridized carbons (Fsp3) is 0.737. The minimum absolute atomic E-state index is 0.0117. The summed E-state index contributed by atoms with van der Waals surface area (Å²) >= 11 is 4.06. The Morgan fingerprint density at radius 3 is 1.88 bits per heavy atom. The molecule has 184 valence electrons. The van der Waals surface area contributed by atoms with Gasteiger partial charge in [0, 0.05) is 5.75 Å². The summed E-state index contributed by atoms with van der Waals surface area (Å²) in [7, 11) is 0. The van der Waals surface area contributed by atoms with Gasteiger partial charge in [0.15, 0.2) is 0 Å². The highest BCUT2D eigenvalue weighted by Gasteiger charge is 2.30. The quantitative estimate of drug-likeness (QED) is 0.0950. The minimum atomic E-state index is -1.35. The van der Waals surface area contributed by atoms with Crippen LogP contribution < -0.4 is 27.4 Å². The van der Waals surface area contributed by atoms with Gasteiger partial charge >= 0.3 is 11.9 Å². The Kier molecular flexibility index (Phi) is 14.3. The molecule has 13 heteroatoms. The van der Waals surface area contributed by atoms with E-state index in [0.29, 0.717) is 19.4 Å². The molecule has 0 saturated carbocycles. The summed E-state index contributed by atoms with van der Waals surface area (Å²) in [4.78, 5) is 59.6. The topological polar surface area (TPSA) is 214 Å². The molecule has 0 spiro atoms. The van der Waals surface area contributed by atoms with Gasteiger partial charge in [-0.3, -0.25) is 19.2 Å². The van der Waals surface area contributed by atoms with Gasteiger partial charge in [-0.25, -0.2) is 4.79 Å². The van der Waals surface area contributed by atoms with Crippen molar-refractivity contribution in [1.29, 1.82) is 0 Å². The van der Waals surface area contributed by atoms with Crippen LogP contribution in [0.1, 0.15) is 46.0 Å². The van der Waals surface area contributed by atoms with Gasteiger partial charge in [-0.15, -0.1) is 0 Å². The fourth-order valence-electron chi connectivity index (χ4n) is 2.75. The predicted molar refractivity (Wildman–Crippen MR) is 120 cm³/mol. The molecule has 0 radical (unpaired) electrons. The minimum Gasteiger partial charge on any atom is -0.481 e. The van der Waals surface area contributed by atoms with Crippen molar-refractivity contribution < 1.29 is 34.2 Å². The molecule has 4 unspecified atom stereocenters. The largest absolute Gasteiger partial charge is 0.481 e. The summed E-state index contributed by atoms with van der Waals surface area (Å²) in [6.07, 6.45) is 0.828. The van der Waals surface area contributed by atoms with Crippen molar-refractivity contribution in [3.05, 3.63) is 0 Å². The van der Waals surface area contributed by atoms with Crippen molar-refractivity contribution in [3.63, 3.8) is 0 Å². The van der Waals surface area contributed by atoms with Gasteiger partial charge < -0.3 is 37.6 Å². The number of carbonyl (C=O) groups excluding carboxylic acids is 3. The summed E-state index contributed by atoms with van der Waals surface area (Å²) < 4.78 is 0. The Bertz CT molecular complexity index is 662. The van der Waals surface area contributed by atoms with Crippen LogP contribution in [-0.4, -0.2) is 76.3 Å². The molecule has 0 rings (SSSR count). The number of aliphatic carboxylic acids is 2. The lowest BCUT2D eigenvalue weighted by atomic mass is 10.0. The molecule has 0 aliphatic carbocycles. The van der Waals surface area contributed by atoms with Gasteiger partial charge in [-0.2, -0.15) is 12.6 Å². The number of nitrogens with two attached hydrogens (primary N) is 2. The fourth-order valence-corrected chi connectivity index (χ4v) is 3.01. The van der Waals surface area contributed by atoms with E-state index >= 15 is 0 Å². The number of carbonyl (C=O) groups is 5. The highest BCUT2D eigenvalue weighted by Crippen LogP contribution is 2.07. The number of nitrogens with one attached hydrogen (secondary N) is 3. The third-order valence-corrected chi connectivity index (χ3v) is 4.81. The molecule has 0 bridgehead atoms. The van der Waals surface area contributed by atoms with Crippen LogP contribution in [0, 0.1) is 5.92 Å². The van der Waals surface area contributed by atoms with Gasteiger partial charge in [0.25, 0.3) is 0 Å². The molecule has 0 aromatic carbocycles. The molecule has 32 heavy (non-hydrogen) atoms. The van der Waals surface area contributed by atoms with Crippen molar-refractivity contribution in [2.75, 3.05) is 12.3 Å². The van der Waals surface area contributed by atoms with Crippen molar-refractivity contribution in [2.24, 2.45) is 17.4 Å². The van der Waals surface area contributed by atoms with Crippen LogP contribution in [0.3, 0.4) is 0 Å². The van der Waals surface area contributed by atoms with E-state index in [1.165, 1.54) is 0 Å². The first-order valence-electron chi connectivity index (χ1n) is 10.3. The maximum absolute atomic E-state index is 12.7. The SMILES string of the molecule is CC(C)CC(NC(=O)C(CS)NC(=O)C(CCCCN)NC(=O)C(N)CC(=O)O)C(=O)O. The Labute approximate surface area is 192 Å². The molecular formula is C19H35N5O7S. The molecule has 0 heterocycles. The lowest BCUT2D eigenvalue weighted by molar-refractivity contribution is -0.142. The molecular weight excluding hydrogens is 442 g/mol. The second-order valence-corrected chi connectivity index (χ2v) is 8.19. The van der Waals surface area contributed by atoms with E-state index in [-0.39, 0.29) is 24.5 Å². The first-order valence-corrected chi connectivity index (χ1v) is 11.0. The number of thiol groups is 1. The van der Waals surface area contributed by atoms with Crippen LogP contribution in [0.25, 0.3) is 0 Å². The van der Waals surface area contributed by atoms with Crippen molar-refractivity contribution in [1.82, 2.24) is 16.0 Å². The van der Waals surface area contributed by atoms with E-state index in [1.54, 1.807) is 0 Å². The second-order valence-electron chi connectivity index (χ2n) is 7.82. The summed E-state index contributed by atoms with van der Waals surface area (Å²) in [5.41, 5.74) is 11.0. The van der Waals surface area contributed by atoms with Gasteiger partial charge in [0.1, 0.15) is 18.1 Å². The molecule has 3 amide bonds.